The van der Waals surface area contributed by atoms with Crippen LogP contribution in [0, 0.1) is 0 Å². The largest absolute Gasteiger partial charge is 0.489 e. The van der Waals surface area contributed by atoms with Crippen molar-refractivity contribution in [3.05, 3.63) is 18.2 Å². The third-order valence-corrected chi connectivity index (χ3v) is 3.50. The summed E-state index contributed by atoms with van der Waals surface area (Å²) in [6.45, 7) is 6.03. The van der Waals surface area contributed by atoms with E-state index >= 15 is 0 Å². The second-order valence-electron chi connectivity index (χ2n) is 4.63. The van der Waals surface area contributed by atoms with E-state index in [0.717, 1.165) is 45.1 Å². The van der Waals surface area contributed by atoms with Crippen LogP contribution < -0.4 is 19.9 Å². The van der Waals surface area contributed by atoms with Gasteiger partial charge in [0.15, 0.2) is 0 Å². The van der Waals surface area contributed by atoms with Crippen molar-refractivity contribution in [2.45, 2.75) is 0 Å². The van der Waals surface area contributed by atoms with E-state index in [1.165, 1.54) is 11.4 Å². The molecule has 0 bridgehead atoms. The Hall–Kier alpha value is -1.42. The molecular weight excluding hydrogens is 214 g/mol. The van der Waals surface area contributed by atoms with E-state index in [0.29, 0.717) is 0 Å². The minimum atomic E-state index is 0.786. The van der Waals surface area contributed by atoms with Gasteiger partial charge >= 0.3 is 0 Å². The molecule has 4 nitrogen and oxygen atoms in total. The van der Waals surface area contributed by atoms with Gasteiger partial charge in [0.2, 0.25) is 0 Å². The van der Waals surface area contributed by atoms with Crippen LogP contribution in [0.5, 0.6) is 5.75 Å². The molecule has 0 aromatic heterocycles. The number of hydrogen-bond acceptors (Lipinski definition) is 4. The standard InChI is InChI=1S/C13H19N3O/c1-15-9-10-17-12-4-2-3-11(13(12)15)16-7-5-14-6-8-16/h2-4,14H,5-10H2,1H3. The van der Waals surface area contributed by atoms with E-state index in [-0.39, 0.29) is 0 Å². The van der Waals surface area contributed by atoms with E-state index in [2.05, 4.69) is 40.4 Å². The second kappa shape index (κ2) is 4.45. The van der Waals surface area contributed by atoms with Gasteiger partial charge in [-0.2, -0.15) is 0 Å². The molecule has 1 saturated heterocycles. The molecule has 92 valence electrons. The quantitative estimate of drug-likeness (QED) is 0.781. The van der Waals surface area contributed by atoms with E-state index in [1.807, 2.05) is 0 Å². The van der Waals surface area contributed by atoms with Gasteiger partial charge < -0.3 is 19.9 Å². The van der Waals surface area contributed by atoms with Crippen LogP contribution in [-0.2, 0) is 0 Å². The number of anilines is 2. The fourth-order valence-corrected chi connectivity index (χ4v) is 2.58. The van der Waals surface area contributed by atoms with Crippen LogP contribution in [0.1, 0.15) is 0 Å². The molecule has 0 atom stereocenters. The van der Waals surface area contributed by atoms with E-state index in [1.54, 1.807) is 0 Å². The van der Waals surface area contributed by atoms with Crippen LogP contribution in [0.3, 0.4) is 0 Å². The summed E-state index contributed by atoms with van der Waals surface area (Å²) in [4.78, 5) is 4.75. The molecule has 0 aliphatic carbocycles. The van der Waals surface area contributed by atoms with Gasteiger partial charge in [0.25, 0.3) is 0 Å². The van der Waals surface area contributed by atoms with Gasteiger partial charge in [-0.3, -0.25) is 0 Å². The highest BCUT2D eigenvalue weighted by Crippen LogP contribution is 2.39. The maximum absolute atomic E-state index is 5.74. The van der Waals surface area contributed by atoms with Crippen molar-refractivity contribution in [2.75, 3.05) is 56.2 Å². The summed E-state index contributed by atoms with van der Waals surface area (Å²) in [6.07, 6.45) is 0. The lowest BCUT2D eigenvalue weighted by molar-refractivity contribution is 0.311. The van der Waals surface area contributed by atoms with Gasteiger partial charge in [0.05, 0.1) is 12.2 Å². The molecule has 2 aliphatic heterocycles. The first-order chi connectivity index (χ1) is 8.36. The predicted octanol–water partition coefficient (Wildman–Crippen LogP) is 0.925. The molecule has 17 heavy (non-hydrogen) atoms. The molecular formula is C13H19N3O. The zero-order valence-corrected chi connectivity index (χ0v) is 10.3. The highest BCUT2D eigenvalue weighted by Gasteiger charge is 2.22. The topological polar surface area (TPSA) is 27.7 Å². The van der Waals surface area contributed by atoms with Crippen LogP contribution in [-0.4, -0.2) is 46.4 Å². The average Bonchev–Trinajstić information content (AvgIpc) is 2.39. The van der Waals surface area contributed by atoms with Crippen molar-refractivity contribution in [1.82, 2.24) is 5.32 Å². The average molecular weight is 233 g/mol. The van der Waals surface area contributed by atoms with Gasteiger partial charge in [-0.1, -0.05) is 6.07 Å². The number of nitrogens with one attached hydrogen (secondary N) is 1. The Bertz CT molecular complexity index is 402. The van der Waals surface area contributed by atoms with Gasteiger partial charge in [0.1, 0.15) is 18.0 Å². The van der Waals surface area contributed by atoms with Gasteiger partial charge in [0, 0.05) is 33.2 Å². The van der Waals surface area contributed by atoms with Crippen LogP contribution in [0.15, 0.2) is 18.2 Å². The molecule has 0 amide bonds. The number of para-hydroxylation sites is 1. The van der Waals surface area contributed by atoms with Crippen molar-refractivity contribution in [1.29, 1.82) is 0 Å². The summed E-state index contributed by atoms with van der Waals surface area (Å²) in [5.74, 6) is 1.02. The molecule has 2 heterocycles. The summed E-state index contributed by atoms with van der Waals surface area (Å²) in [6, 6.07) is 6.36. The fourth-order valence-electron chi connectivity index (χ4n) is 2.58. The van der Waals surface area contributed by atoms with Crippen molar-refractivity contribution in [2.24, 2.45) is 0 Å². The fraction of sp³-hybridized carbons (Fsp3) is 0.538. The maximum atomic E-state index is 5.74. The molecule has 0 radical (unpaired) electrons. The predicted molar refractivity (Wildman–Crippen MR) is 70.3 cm³/mol. The summed E-state index contributed by atoms with van der Waals surface area (Å²) in [7, 11) is 2.15. The first-order valence-electron chi connectivity index (χ1n) is 6.29. The van der Waals surface area contributed by atoms with Crippen molar-refractivity contribution < 1.29 is 4.74 Å². The highest BCUT2D eigenvalue weighted by atomic mass is 16.5. The molecule has 4 heteroatoms. The zero-order chi connectivity index (χ0) is 11.7. The Balaban J connectivity index is 1.98. The summed E-state index contributed by atoms with van der Waals surface area (Å²) in [5.41, 5.74) is 2.56. The van der Waals surface area contributed by atoms with Crippen LogP contribution in [0.4, 0.5) is 11.4 Å². The van der Waals surface area contributed by atoms with Crippen LogP contribution in [0.25, 0.3) is 0 Å². The van der Waals surface area contributed by atoms with Crippen LogP contribution >= 0.6 is 0 Å². The number of rotatable bonds is 1. The first kappa shape index (κ1) is 10.7. The number of piperazine rings is 1. The SMILES string of the molecule is CN1CCOc2cccc(N3CCNCC3)c21. The maximum Gasteiger partial charge on any atom is 0.144 e. The normalized spacial score (nSPS) is 19.8. The lowest BCUT2D eigenvalue weighted by Gasteiger charge is -2.36. The van der Waals surface area contributed by atoms with Crippen LogP contribution in [0.2, 0.25) is 0 Å². The van der Waals surface area contributed by atoms with E-state index in [9.17, 15) is 0 Å². The Kier molecular flexibility index (Phi) is 2.81. The Labute approximate surface area is 102 Å². The van der Waals surface area contributed by atoms with Gasteiger partial charge in [-0.05, 0) is 12.1 Å². The first-order valence-corrected chi connectivity index (χ1v) is 6.29. The third-order valence-electron chi connectivity index (χ3n) is 3.50. The zero-order valence-electron chi connectivity index (χ0n) is 10.3. The third kappa shape index (κ3) is 1.93. The highest BCUT2D eigenvalue weighted by molar-refractivity contribution is 5.78. The molecule has 0 spiro atoms. The molecule has 0 saturated carbocycles. The number of benzene rings is 1. The summed E-state index contributed by atoms with van der Waals surface area (Å²) >= 11 is 0. The minimum absolute atomic E-state index is 0.786. The number of nitrogens with zero attached hydrogens (tertiary/aromatic N) is 2. The second-order valence-corrected chi connectivity index (χ2v) is 4.63. The number of likely N-dealkylation sites (N-methyl/N-ethyl adjacent to an activating group) is 1. The Morgan fingerprint density at radius 2 is 2.00 bits per heavy atom. The van der Waals surface area contributed by atoms with Crippen molar-refractivity contribution >= 4 is 11.4 Å². The molecule has 1 aromatic carbocycles. The smallest absolute Gasteiger partial charge is 0.144 e. The number of ether oxygens (including phenoxy) is 1. The molecule has 0 unspecified atom stereocenters. The molecule has 1 fully saturated rings. The van der Waals surface area contributed by atoms with Gasteiger partial charge in [-0.25, -0.2) is 0 Å². The van der Waals surface area contributed by atoms with E-state index in [4.69, 9.17) is 4.74 Å². The van der Waals surface area contributed by atoms with E-state index < -0.39 is 0 Å². The van der Waals surface area contributed by atoms with Crippen molar-refractivity contribution in [3.8, 4) is 5.75 Å². The minimum Gasteiger partial charge on any atom is -0.489 e. The lowest BCUT2D eigenvalue weighted by atomic mass is 10.1. The summed E-state index contributed by atoms with van der Waals surface area (Å²) < 4.78 is 5.74. The van der Waals surface area contributed by atoms with Crippen molar-refractivity contribution in [3.63, 3.8) is 0 Å². The Morgan fingerprint density at radius 1 is 1.18 bits per heavy atom. The molecule has 1 N–H and O–H groups in total. The van der Waals surface area contributed by atoms with Gasteiger partial charge in [-0.15, -0.1) is 0 Å². The lowest BCUT2D eigenvalue weighted by Crippen LogP contribution is -2.44. The molecule has 2 aliphatic rings. The number of fused-ring (bicyclic) bond motifs is 1. The number of hydrogen-bond donors (Lipinski definition) is 1. The molecule has 1 aromatic rings. The summed E-state index contributed by atoms with van der Waals surface area (Å²) in [5, 5.41) is 3.39. The molecule has 3 rings (SSSR count). The monoisotopic (exact) mass is 233 g/mol. The Morgan fingerprint density at radius 3 is 2.82 bits per heavy atom.